The zero-order valence-electron chi connectivity index (χ0n) is 6.49. The van der Waals surface area contributed by atoms with Crippen molar-refractivity contribution in [3.05, 3.63) is 36.4 Å². The Balaban J connectivity index is 2.86. The zero-order chi connectivity index (χ0) is 8.55. The first-order valence-corrected chi connectivity index (χ1v) is 4.19. The maximum Gasteiger partial charge on any atom is 0.0393 e. The van der Waals surface area contributed by atoms with Crippen LogP contribution < -0.4 is 5.73 Å². The van der Waals surface area contributed by atoms with E-state index in [1.807, 2.05) is 36.4 Å². The van der Waals surface area contributed by atoms with E-state index in [0.29, 0.717) is 0 Å². The molecule has 1 nitrogen and oxygen atoms in total. The fraction of sp³-hybridized carbons (Fsp3) is 0. The summed E-state index contributed by atoms with van der Waals surface area (Å²) in [4.78, 5) is 0.966. The Kier molecular flexibility index (Phi) is 1.70. The second-order valence-electron chi connectivity index (χ2n) is 2.75. The number of anilines is 1. The predicted octanol–water partition coefficient (Wildman–Crippen LogP) is 2.71. The fourth-order valence-corrected chi connectivity index (χ4v) is 1.51. The molecule has 2 aromatic carbocycles. The summed E-state index contributed by atoms with van der Waals surface area (Å²) >= 11 is 4.25. The molecule has 0 aromatic heterocycles. The smallest absolute Gasteiger partial charge is 0.0393 e. The van der Waals surface area contributed by atoms with E-state index >= 15 is 0 Å². The second-order valence-corrected chi connectivity index (χ2v) is 3.27. The third-order valence-electron chi connectivity index (χ3n) is 1.90. The average Bonchev–Trinajstić information content (AvgIpc) is 2.04. The van der Waals surface area contributed by atoms with E-state index in [4.69, 9.17) is 5.73 Å². The van der Waals surface area contributed by atoms with Gasteiger partial charge >= 0.3 is 0 Å². The highest BCUT2D eigenvalue weighted by Crippen LogP contribution is 2.22. The highest BCUT2D eigenvalue weighted by Gasteiger charge is 1.95. The minimum absolute atomic E-state index is 0.820. The summed E-state index contributed by atoms with van der Waals surface area (Å²) in [6, 6.07) is 11.8. The van der Waals surface area contributed by atoms with E-state index < -0.39 is 0 Å². The molecule has 0 aliphatic rings. The molecule has 0 saturated carbocycles. The third-order valence-corrected chi connectivity index (χ3v) is 2.18. The molecule has 0 radical (unpaired) electrons. The number of hydrogen-bond donors (Lipinski definition) is 2. The lowest BCUT2D eigenvalue weighted by Gasteiger charge is -2.01. The number of thiol groups is 1. The van der Waals surface area contributed by atoms with Crippen LogP contribution in [0.25, 0.3) is 10.8 Å². The molecule has 0 amide bonds. The number of fused-ring (bicyclic) bond motifs is 1. The molecule has 0 saturated heterocycles. The minimum Gasteiger partial charge on any atom is -0.398 e. The summed E-state index contributed by atoms with van der Waals surface area (Å²) in [6.45, 7) is 0. The minimum atomic E-state index is 0.820. The Morgan fingerprint density at radius 2 is 1.92 bits per heavy atom. The lowest BCUT2D eigenvalue weighted by Crippen LogP contribution is -1.85. The van der Waals surface area contributed by atoms with Gasteiger partial charge in [-0.1, -0.05) is 18.2 Å². The molecule has 2 N–H and O–H groups in total. The third kappa shape index (κ3) is 1.14. The van der Waals surface area contributed by atoms with Crippen molar-refractivity contribution in [2.45, 2.75) is 4.90 Å². The van der Waals surface area contributed by atoms with Crippen molar-refractivity contribution in [3.63, 3.8) is 0 Å². The summed E-state index contributed by atoms with van der Waals surface area (Å²) in [5.74, 6) is 0. The monoisotopic (exact) mass is 175 g/mol. The van der Waals surface area contributed by atoms with Gasteiger partial charge in [0.25, 0.3) is 0 Å². The standard InChI is InChI=1S/C10H9NS/c11-10-3-1-2-7-6-8(12)4-5-9(7)10/h1-6,12H,11H2. The Hall–Kier alpha value is -1.15. The van der Waals surface area contributed by atoms with E-state index in [-0.39, 0.29) is 0 Å². The van der Waals surface area contributed by atoms with Crippen molar-refractivity contribution in [2.24, 2.45) is 0 Å². The highest BCUT2D eigenvalue weighted by molar-refractivity contribution is 7.80. The summed E-state index contributed by atoms with van der Waals surface area (Å²) in [5, 5.41) is 2.23. The molecule has 0 bridgehead atoms. The van der Waals surface area contributed by atoms with Crippen LogP contribution >= 0.6 is 12.6 Å². The van der Waals surface area contributed by atoms with Crippen LogP contribution in [-0.2, 0) is 0 Å². The van der Waals surface area contributed by atoms with Crippen LogP contribution in [0.5, 0.6) is 0 Å². The van der Waals surface area contributed by atoms with Crippen LogP contribution in [0.15, 0.2) is 41.3 Å². The van der Waals surface area contributed by atoms with Gasteiger partial charge in [-0.2, -0.15) is 0 Å². The molecule has 0 atom stereocenters. The molecule has 2 rings (SSSR count). The van der Waals surface area contributed by atoms with Gasteiger partial charge < -0.3 is 5.73 Å². The summed E-state index contributed by atoms with van der Waals surface area (Å²) in [7, 11) is 0. The van der Waals surface area contributed by atoms with Crippen molar-refractivity contribution in [1.29, 1.82) is 0 Å². The Morgan fingerprint density at radius 1 is 1.08 bits per heavy atom. The fourth-order valence-electron chi connectivity index (χ4n) is 1.30. The first-order valence-electron chi connectivity index (χ1n) is 3.74. The zero-order valence-corrected chi connectivity index (χ0v) is 7.38. The van der Waals surface area contributed by atoms with Gasteiger partial charge in [0.05, 0.1) is 0 Å². The quantitative estimate of drug-likeness (QED) is 0.467. The average molecular weight is 175 g/mol. The van der Waals surface area contributed by atoms with E-state index in [0.717, 1.165) is 21.4 Å². The Labute approximate surface area is 76.6 Å². The van der Waals surface area contributed by atoms with Crippen LogP contribution in [0.3, 0.4) is 0 Å². The largest absolute Gasteiger partial charge is 0.398 e. The van der Waals surface area contributed by atoms with Crippen LogP contribution in [0.4, 0.5) is 5.69 Å². The summed E-state index contributed by atoms with van der Waals surface area (Å²) < 4.78 is 0. The van der Waals surface area contributed by atoms with Crippen LogP contribution in [0, 0.1) is 0 Å². The molecule has 0 aliphatic heterocycles. The van der Waals surface area contributed by atoms with Crippen LogP contribution in [0.2, 0.25) is 0 Å². The van der Waals surface area contributed by atoms with E-state index in [1.54, 1.807) is 0 Å². The highest BCUT2D eigenvalue weighted by atomic mass is 32.1. The maximum absolute atomic E-state index is 5.78. The lowest BCUT2D eigenvalue weighted by atomic mass is 10.1. The van der Waals surface area contributed by atoms with Crippen molar-refractivity contribution < 1.29 is 0 Å². The normalized spacial score (nSPS) is 10.4. The van der Waals surface area contributed by atoms with E-state index in [2.05, 4.69) is 12.6 Å². The SMILES string of the molecule is Nc1cccc2cc(S)ccc12. The second kappa shape index (κ2) is 2.72. The van der Waals surface area contributed by atoms with Crippen LogP contribution in [-0.4, -0.2) is 0 Å². The Morgan fingerprint density at radius 3 is 2.75 bits per heavy atom. The number of benzene rings is 2. The van der Waals surface area contributed by atoms with Gasteiger partial charge in [-0.05, 0) is 23.6 Å². The molecule has 0 spiro atoms. The lowest BCUT2D eigenvalue weighted by molar-refractivity contribution is 1.52. The molecule has 0 aliphatic carbocycles. The Bertz CT molecular complexity index is 423. The predicted molar refractivity (Wildman–Crippen MR) is 55.6 cm³/mol. The van der Waals surface area contributed by atoms with Crippen molar-refractivity contribution in [1.82, 2.24) is 0 Å². The number of hydrogen-bond acceptors (Lipinski definition) is 2. The van der Waals surface area contributed by atoms with Gasteiger partial charge in [-0.15, -0.1) is 12.6 Å². The van der Waals surface area contributed by atoms with Crippen molar-refractivity contribution in [2.75, 3.05) is 5.73 Å². The summed E-state index contributed by atoms with van der Waals surface area (Å²) in [6.07, 6.45) is 0. The molecular weight excluding hydrogens is 166 g/mol. The van der Waals surface area contributed by atoms with Gasteiger partial charge in [-0.25, -0.2) is 0 Å². The molecule has 2 aromatic rings. The van der Waals surface area contributed by atoms with Gasteiger partial charge in [0.2, 0.25) is 0 Å². The number of nitrogen functional groups attached to an aromatic ring is 1. The molecule has 12 heavy (non-hydrogen) atoms. The first kappa shape index (κ1) is 7.50. The van der Waals surface area contributed by atoms with Crippen molar-refractivity contribution in [3.8, 4) is 0 Å². The maximum atomic E-state index is 5.78. The topological polar surface area (TPSA) is 26.0 Å². The molecule has 0 heterocycles. The number of nitrogens with two attached hydrogens (primary N) is 1. The molecular formula is C10H9NS. The van der Waals surface area contributed by atoms with E-state index in [9.17, 15) is 0 Å². The van der Waals surface area contributed by atoms with Crippen molar-refractivity contribution >= 4 is 29.1 Å². The summed E-state index contributed by atoms with van der Waals surface area (Å²) in [5.41, 5.74) is 6.60. The molecule has 2 heteroatoms. The van der Waals surface area contributed by atoms with Gasteiger partial charge in [0.15, 0.2) is 0 Å². The first-order chi connectivity index (χ1) is 5.77. The van der Waals surface area contributed by atoms with Gasteiger partial charge in [-0.3, -0.25) is 0 Å². The van der Waals surface area contributed by atoms with Gasteiger partial charge in [0, 0.05) is 16.0 Å². The van der Waals surface area contributed by atoms with Crippen LogP contribution in [0.1, 0.15) is 0 Å². The van der Waals surface area contributed by atoms with E-state index in [1.165, 1.54) is 0 Å². The van der Waals surface area contributed by atoms with Gasteiger partial charge in [0.1, 0.15) is 0 Å². The molecule has 60 valence electrons. The molecule has 0 unspecified atom stereocenters. The molecule has 0 fully saturated rings. The number of rotatable bonds is 0.